The van der Waals surface area contributed by atoms with Crippen molar-refractivity contribution in [2.75, 3.05) is 0 Å². The molecule has 0 aromatic heterocycles. The first kappa shape index (κ1) is 10.6. The van der Waals surface area contributed by atoms with Gasteiger partial charge in [0.1, 0.15) is 0 Å². The molecule has 13 heavy (non-hydrogen) atoms. The first-order valence-electron chi connectivity index (χ1n) is 5.40. The lowest BCUT2D eigenvalue weighted by Crippen LogP contribution is -2.20. The molecule has 1 fully saturated rings. The predicted octanol–water partition coefficient (Wildman–Crippen LogP) is 3.21. The summed E-state index contributed by atoms with van der Waals surface area (Å²) in [6, 6.07) is 0. The Morgan fingerprint density at radius 3 is 2.46 bits per heavy atom. The van der Waals surface area contributed by atoms with Gasteiger partial charge >= 0.3 is 5.97 Å². The fraction of sp³-hybridized carbons (Fsp3) is 0.909. The number of aliphatic carboxylic acids is 1. The Kier molecular flexibility index (Phi) is 3.76. The summed E-state index contributed by atoms with van der Waals surface area (Å²) in [5.74, 6) is -0.613. The van der Waals surface area contributed by atoms with Crippen LogP contribution in [-0.2, 0) is 4.79 Å². The van der Waals surface area contributed by atoms with Crippen LogP contribution in [0.15, 0.2) is 0 Å². The number of rotatable bonds is 5. The monoisotopic (exact) mass is 184 g/mol. The molecule has 1 aliphatic rings. The second kappa shape index (κ2) is 4.64. The number of unbranched alkanes of at least 4 members (excludes halogenated alkanes) is 1. The molecule has 76 valence electrons. The summed E-state index contributed by atoms with van der Waals surface area (Å²) in [4.78, 5) is 10.7. The highest BCUT2D eigenvalue weighted by molar-refractivity contribution is 5.67. The third kappa shape index (κ3) is 3.02. The first-order chi connectivity index (χ1) is 6.18. The van der Waals surface area contributed by atoms with Crippen LogP contribution in [-0.4, -0.2) is 11.1 Å². The smallest absolute Gasteiger partial charge is 0.303 e. The molecule has 1 rings (SSSR count). The lowest BCUT2D eigenvalue weighted by molar-refractivity contribution is -0.139. The minimum absolute atomic E-state index is 0.168. The van der Waals surface area contributed by atoms with Crippen molar-refractivity contribution in [3.8, 4) is 0 Å². The molecule has 1 N–H and O–H groups in total. The van der Waals surface area contributed by atoms with Gasteiger partial charge in [-0.1, -0.05) is 32.6 Å². The molecule has 0 saturated heterocycles. The second-order valence-corrected chi connectivity index (χ2v) is 4.38. The zero-order valence-electron chi connectivity index (χ0n) is 8.51. The maximum absolute atomic E-state index is 10.7. The lowest BCUT2D eigenvalue weighted by atomic mass is 9.78. The number of hydrogen-bond acceptors (Lipinski definition) is 1. The quantitative estimate of drug-likeness (QED) is 0.712. The van der Waals surface area contributed by atoms with E-state index in [9.17, 15) is 4.79 Å². The van der Waals surface area contributed by atoms with Gasteiger partial charge in [0.2, 0.25) is 0 Å². The molecule has 0 aromatic rings. The third-order valence-corrected chi connectivity index (χ3v) is 3.25. The van der Waals surface area contributed by atoms with Gasteiger partial charge in [-0.3, -0.25) is 4.79 Å². The molecule has 0 amide bonds. The van der Waals surface area contributed by atoms with Gasteiger partial charge in [0.25, 0.3) is 0 Å². The van der Waals surface area contributed by atoms with E-state index >= 15 is 0 Å². The molecule has 2 nitrogen and oxygen atoms in total. The van der Waals surface area contributed by atoms with Crippen molar-refractivity contribution >= 4 is 5.97 Å². The van der Waals surface area contributed by atoms with Crippen LogP contribution < -0.4 is 0 Å². The second-order valence-electron chi connectivity index (χ2n) is 4.38. The van der Waals surface area contributed by atoms with Crippen molar-refractivity contribution in [2.45, 2.75) is 58.3 Å². The van der Waals surface area contributed by atoms with E-state index in [-0.39, 0.29) is 5.41 Å². The average Bonchev–Trinajstić information content (AvgIpc) is 2.49. The van der Waals surface area contributed by atoms with Gasteiger partial charge in [0.15, 0.2) is 0 Å². The van der Waals surface area contributed by atoms with Crippen LogP contribution in [0.3, 0.4) is 0 Å². The van der Waals surface area contributed by atoms with Crippen LogP contribution in [0.25, 0.3) is 0 Å². The van der Waals surface area contributed by atoms with Crippen LogP contribution in [0.5, 0.6) is 0 Å². The van der Waals surface area contributed by atoms with Gasteiger partial charge in [0, 0.05) is 0 Å². The minimum Gasteiger partial charge on any atom is -0.481 e. The topological polar surface area (TPSA) is 37.3 Å². The minimum atomic E-state index is -0.613. The summed E-state index contributed by atoms with van der Waals surface area (Å²) in [7, 11) is 0. The van der Waals surface area contributed by atoms with Gasteiger partial charge in [-0.25, -0.2) is 0 Å². The molecule has 2 heteroatoms. The van der Waals surface area contributed by atoms with Crippen LogP contribution in [0.4, 0.5) is 0 Å². The van der Waals surface area contributed by atoms with E-state index in [4.69, 9.17) is 5.11 Å². The van der Waals surface area contributed by atoms with Gasteiger partial charge in [-0.05, 0) is 24.7 Å². The highest BCUT2D eigenvalue weighted by Gasteiger charge is 2.34. The van der Waals surface area contributed by atoms with E-state index in [0.29, 0.717) is 6.42 Å². The Balaban J connectivity index is 2.47. The highest BCUT2D eigenvalue weighted by atomic mass is 16.4. The molecule has 0 aromatic carbocycles. The molecular formula is C11H20O2. The van der Waals surface area contributed by atoms with Crippen LogP contribution in [0.1, 0.15) is 58.3 Å². The fourth-order valence-electron chi connectivity index (χ4n) is 2.51. The van der Waals surface area contributed by atoms with Crippen LogP contribution in [0, 0.1) is 5.41 Å². The van der Waals surface area contributed by atoms with Crippen LogP contribution >= 0.6 is 0 Å². The van der Waals surface area contributed by atoms with E-state index in [1.54, 1.807) is 0 Å². The van der Waals surface area contributed by atoms with Crippen molar-refractivity contribution in [3.05, 3.63) is 0 Å². The van der Waals surface area contributed by atoms with Crippen LogP contribution in [0.2, 0.25) is 0 Å². The Morgan fingerprint density at radius 1 is 1.38 bits per heavy atom. The maximum Gasteiger partial charge on any atom is 0.303 e. The van der Waals surface area contributed by atoms with Gasteiger partial charge in [-0.15, -0.1) is 0 Å². The standard InChI is InChI=1S/C11H20O2/c1-2-3-6-11(9-10(12)13)7-4-5-8-11/h2-9H2,1H3,(H,12,13). The summed E-state index contributed by atoms with van der Waals surface area (Å²) in [5.41, 5.74) is 0.168. The molecule has 1 aliphatic carbocycles. The Bertz CT molecular complexity index is 169. The summed E-state index contributed by atoms with van der Waals surface area (Å²) >= 11 is 0. The van der Waals surface area contributed by atoms with Crippen molar-refractivity contribution in [1.82, 2.24) is 0 Å². The molecule has 0 spiro atoms. The fourth-order valence-corrected chi connectivity index (χ4v) is 2.51. The lowest BCUT2D eigenvalue weighted by Gasteiger charge is -2.26. The average molecular weight is 184 g/mol. The third-order valence-electron chi connectivity index (χ3n) is 3.25. The van der Waals surface area contributed by atoms with Crippen molar-refractivity contribution < 1.29 is 9.90 Å². The van der Waals surface area contributed by atoms with Gasteiger partial charge < -0.3 is 5.11 Å². The molecule has 0 bridgehead atoms. The van der Waals surface area contributed by atoms with E-state index < -0.39 is 5.97 Å². The van der Waals surface area contributed by atoms with Gasteiger partial charge in [-0.2, -0.15) is 0 Å². The van der Waals surface area contributed by atoms with E-state index in [0.717, 1.165) is 19.3 Å². The summed E-state index contributed by atoms with van der Waals surface area (Å²) < 4.78 is 0. The molecule has 0 atom stereocenters. The molecule has 0 radical (unpaired) electrons. The number of carboxylic acid groups (broad SMARTS) is 1. The molecule has 0 heterocycles. The first-order valence-corrected chi connectivity index (χ1v) is 5.40. The molecular weight excluding hydrogens is 164 g/mol. The van der Waals surface area contributed by atoms with E-state index in [2.05, 4.69) is 6.92 Å². The molecule has 0 unspecified atom stereocenters. The van der Waals surface area contributed by atoms with Crippen molar-refractivity contribution in [2.24, 2.45) is 5.41 Å². The van der Waals surface area contributed by atoms with E-state index in [1.807, 2.05) is 0 Å². The highest BCUT2D eigenvalue weighted by Crippen LogP contribution is 2.44. The zero-order valence-corrected chi connectivity index (χ0v) is 8.51. The number of hydrogen-bond donors (Lipinski definition) is 1. The van der Waals surface area contributed by atoms with Crippen molar-refractivity contribution in [3.63, 3.8) is 0 Å². The molecule has 1 saturated carbocycles. The number of carbonyl (C=O) groups is 1. The zero-order chi connectivity index (χ0) is 9.73. The maximum atomic E-state index is 10.7. The Labute approximate surface area is 80.3 Å². The Hall–Kier alpha value is -0.530. The Morgan fingerprint density at radius 2 is 2.00 bits per heavy atom. The molecule has 0 aliphatic heterocycles. The van der Waals surface area contributed by atoms with E-state index in [1.165, 1.54) is 25.7 Å². The SMILES string of the molecule is CCCCC1(CC(=O)O)CCCC1. The largest absolute Gasteiger partial charge is 0.481 e. The summed E-state index contributed by atoms with van der Waals surface area (Å²) in [5, 5.41) is 8.84. The van der Waals surface area contributed by atoms with Crippen molar-refractivity contribution in [1.29, 1.82) is 0 Å². The summed E-state index contributed by atoms with van der Waals surface area (Å²) in [6.07, 6.45) is 8.63. The number of carboxylic acids is 1. The van der Waals surface area contributed by atoms with Gasteiger partial charge in [0.05, 0.1) is 6.42 Å². The normalized spacial score (nSPS) is 20.4. The predicted molar refractivity (Wildman–Crippen MR) is 52.7 cm³/mol. The summed E-state index contributed by atoms with van der Waals surface area (Å²) in [6.45, 7) is 2.17.